The zero-order valence-corrected chi connectivity index (χ0v) is 50.1. The predicted octanol–water partition coefficient (Wildman–Crippen LogP) is 21.4. The SMILES string of the molecule is CCCCCCCC/C=C\CCCCCCCCCCCC(=O)OCCCCCCCC/C=C\CCCCCCCCCC(=O)NC(CO)C(O)CCCCCCCCCCCCCCCCCCCCCCC. The van der Waals surface area contributed by atoms with Crippen LogP contribution in [0.2, 0.25) is 0 Å². The van der Waals surface area contributed by atoms with Crippen molar-refractivity contribution in [2.45, 2.75) is 386 Å². The number of amides is 1. The molecule has 3 N–H and O–H groups in total. The Morgan fingerprint density at radius 3 is 0.959 bits per heavy atom. The van der Waals surface area contributed by atoms with E-state index in [0.717, 1.165) is 51.4 Å². The van der Waals surface area contributed by atoms with Gasteiger partial charge in [-0.3, -0.25) is 9.59 Å². The molecule has 0 aliphatic rings. The Bertz CT molecular complexity index is 1150. The van der Waals surface area contributed by atoms with Crippen molar-refractivity contribution in [3.8, 4) is 0 Å². The topological polar surface area (TPSA) is 95.9 Å². The summed E-state index contributed by atoms with van der Waals surface area (Å²) in [6.07, 6.45) is 79.1. The summed E-state index contributed by atoms with van der Waals surface area (Å²) < 4.78 is 5.49. The summed E-state index contributed by atoms with van der Waals surface area (Å²) in [5.74, 6) is -0.0445. The van der Waals surface area contributed by atoms with E-state index >= 15 is 0 Å². The van der Waals surface area contributed by atoms with Crippen molar-refractivity contribution < 1.29 is 24.5 Å². The lowest BCUT2D eigenvalue weighted by Crippen LogP contribution is -2.45. The summed E-state index contributed by atoms with van der Waals surface area (Å²) in [5, 5.41) is 23.4. The second-order valence-electron chi connectivity index (χ2n) is 23.1. The highest BCUT2D eigenvalue weighted by Crippen LogP contribution is 2.18. The number of unbranched alkanes of at least 4 members (excludes halogenated alkanes) is 48. The van der Waals surface area contributed by atoms with Gasteiger partial charge in [0.05, 0.1) is 25.4 Å². The first kappa shape index (κ1) is 72.3. The van der Waals surface area contributed by atoms with Crippen molar-refractivity contribution in [3.05, 3.63) is 24.3 Å². The molecule has 2 unspecified atom stereocenters. The highest BCUT2D eigenvalue weighted by molar-refractivity contribution is 5.76. The molecule has 0 radical (unpaired) electrons. The van der Waals surface area contributed by atoms with Gasteiger partial charge in [-0.25, -0.2) is 0 Å². The summed E-state index contributed by atoms with van der Waals surface area (Å²) in [7, 11) is 0. The van der Waals surface area contributed by atoms with Crippen molar-refractivity contribution in [3.63, 3.8) is 0 Å². The van der Waals surface area contributed by atoms with Gasteiger partial charge in [-0.15, -0.1) is 0 Å². The summed E-state index contributed by atoms with van der Waals surface area (Å²) in [5.41, 5.74) is 0. The first-order valence-corrected chi connectivity index (χ1v) is 33.6. The number of ether oxygens (including phenoxy) is 1. The normalized spacial score (nSPS) is 12.6. The number of nitrogens with one attached hydrogen (secondary N) is 1. The zero-order valence-electron chi connectivity index (χ0n) is 50.1. The molecule has 0 aliphatic heterocycles. The second-order valence-corrected chi connectivity index (χ2v) is 23.1. The molecule has 0 fully saturated rings. The minimum absolute atomic E-state index is 0.00121. The zero-order chi connectivity index (χ0) is 53.6. The maximum Gasteiger partial charge on any atom is 0.305 e. The Hall–Kier alpha value is -1.66. The molecule has 0 saturated carbocycles. The van der Waals surface area contributed by atoms with Crippen LogP contribution in [0.1, 0.15) is 373 Å². The van der Waals surface area contributed by atoms with Gasteiger partial charge in [0, 0.05) is 12.8 Å². The van der Waals surface area contributed by atoms with E-state index in [4.69, 9.17) is 4.74 Å². The van der Waals surface area contributed by atoms with Gasteiger partial charge in [0.15, 0.2) is 0 Å². The summed E-state index contributed by atoms with van der Waals surface area (Å²) in [6.45, 7) is 4.96. The molecule has 0 aliphatic carbocycles. The number of esters is 1. The lowest BCUT2D eigenvalue weighted by molar-refractivity contribution is -0.143. The Balaban J connectivity index is 3.43. The number of aliphatic hydroxyl groups excluding tert-OH is 2. The van der Waals surface area contributed by atoms with E-state index in [1.165, 1.54) is 289 Å². The molecule has 0 rings (SSSR count). The Morgan fingerprint density at radius 1 is 0.365 bits per heavy atom. The highest BCUT2D eigenvalue weighted by atomic mass is 16.5. The average Bonchev–Trinajstić information content (AvgIpc) is 3.40. The summed E-state index contributed by atoms with van der Waals surface area (Å²) in [4.78, 5) is 24.6. The maximum absolute atomic E-state index is 12.5. The van der Waals surface area contributed by atoms with Crippen LogP contribution in [0, 0.1) is 0 Å². The first-order valence-electron chi connectivity index (χ1n) is 33.6. The Morgan fingerprint density at radius 2 is 0.635 bits per heavy atom. The van der Waals surface area contributed by atoms with Gasteiger partial charge >= 0.3 is 5.97 Å². The Labute approximate surface area is 462 Å². The van der Waals surface area contributed by atoms with Crippen molar-refractivity contribution in [2.24, 2.45) is 0 Å². The van der Waals surface area contributed by atoms with Crippen LogP contribution in [0.15, 0.2) is 24.3 Å². The van der Waals surface area contributed by atoms with E-state index in [-0.39, 0.29) is 18.5 Å². The number of hydrogen-bond acceptors (Lipinski definition) is 5. The van der Waals surface area contributed by atoms with E-state index in [0.29, 0.717) is 25.9 Å². The van der Waals surface area contributed by atoms with E-state index in [1.54, 1.807) is 0 Å². The number of carbonyl (C=O) groups excluding carboxylic acids is 2. The van der Waals surface area contributed by atoms with Gasteiger partial charge in [-0.1, -0.05) is 308 Å². The molecule has 2 atom stereocenters. The molecule has 0 aromatic heterocycles. The molecule has 438 valence electrons. The van der Waals surface area contributed by atoms with E-state index in [9.17, 15) is 19.8 Å². The molecule has 0 aromatic rings. The molecule has 74 heavy (non-hydrogen) atoms. The number of hydrogen-bond donors (Lipinski definition) is 3. The molecule has 6 heteroatoms. The van der Waals surface area contributed by atoms with Gasteiger partial charge < -0.3 is 20.3 Å². The molecule has 0 heterocycles. The maximum atomic E-state index is 12.5. The van der Waals surface area contributed by atoms with Crippen molar-refractivity contribution in [1.82, 2.24) is 5.32 Å². The van der Waals surface area contributed by atoms with E-state index in [2.05, 4.69) is 43.5 Å². The molecular weight excluding hydrogens is 911 g/mol. The fraction of sp³-hybridized carbons (Fsp3) is 0.912. The van der Waals surface area contributed by atoms with E-state index < -0.39 is 12.1 Å². The fourth-order valence-corrected chi connectivity index (χ4v) is 10.6. The third kappa shape index (κ3) is 59.6. The van der Waals surface area contributed by atoms with Crippen molar-refractivity contribution >= 4 is 11.9 Å². The summed E-state index contributed by atoms with van der Waals surface area (Å²) >= 11 is 0. The third-order valence-corrected chi connectivity index (χ3v) is 15.7. The molecular formula is C68H131NO5. The standard InChI is InChI=1S/C68H131NO5/c1-3-5-7-9-11-13-15-17-19-21-23-24-26-28-32-36-40-44-48-52-56-60-66(71)65(64-70)69-67(72)61-57-53-49-45-41-37-33-29-27-31-35-39-43-47-51-55-59-63-74-68(73)62-58-54-50-46-42-38-34-30-25-22-20-18-16-14-12-10-8-6-4-2/h18,20,27,31,65-66,70-71H,3-17,19,21-26,28-30,32-64H2,1-2H3,(H,69,72)/b20-18-,31-27-. The lowest BCUT2D eigenvalue weighted by atomic mass is 10.0. The van der Waals surface area contributed by atoms with E-state index in [1.807, 2.05) is 0 Å². The van der Waals surface area contributed by atoms with Crippen molar-refractivity contribution in [1.29, 1.82) is 0 Å². The first-order chi connectivity index (χ1) is 36.5. The second kappa shape index (κ2) is 63.9. The van der Waals surface area contributed by atoms with Crippen LogP contribution in [-0.2, 0) is 14.3 Å². The van der Waals surface area contributed by atoms with Gasteiger partial charge in [0.1, 0.15) is 0 Å². The summed E-state index contributed by atoms with van der Waals surface area (Å²) in [6, 6.07) is -0.552. The van der Waals surface area contributed by atoms with Crippen LogP contribution in [-0.4, -0.2) is 47.4 Å². The number of rotatable bonds is 63. The lowest BCUT2D eigenvalue weighted by Gasteiger charge is -2.22. The number of carbonyl (C=O) groups is 2. The largest absolute Gasteiger partial charge is 0.466 e. The van der Waals surface area contributed by atoms with Crippen LogP contribution in [0.3, 0.4) is 0 Å². The van der Waals surface area contributed by atoms with Gasteiger partial charge in [-0.05, 0) is 77.0 Å². The monoisotopic (exact) mass is 1040 g/mol. The van der Waals surface area contributed by atoms with Crippen molar-refractivity contribution in [2.75, 3.05) is 13.2 Å². The highest BCUT2D eigenvalue weighted by Gasteiger charge is 2.20. The predicted molar refractivity (Wildman–Crippen MR) is 324 cm³/mol. The third-order valence-electron chi connectivity index (χ3n) is 15.7. The molecule has 0 aromatic carbocycles. The van der Waals surface area contributed by atoms with Crippen LogP contribution in [0.5, 0.6) is 0 Å². The molecule has 0 spiro atoms. The van der Waals surface area contributed by atoms with Gasteiger partial charge in [0.2, 0.25) is 5.91 Å². The van der Waals surface area contributed by atoms with Gasteiger partial charge in [-0.2, -0.15) is 0 Å². The molecule has 6 nitrogen and oxygen atoms in total. The average molecular weight is 1040 g/mol. The number of aliphatic hydroxyl groups is 2. The van der Waals surface area contributed by atoms with Crippen LogP contribution in [0.25, 0.3) is 0 Å². The Kier molecular flexibility index (Phi) is 62.4. The smallest absolute Gasteiger partial charge is 0.305 e. The molecule has 0 bridgehead atoms. The molecule has 1 amide bonds. The van der Waals surface area contributed by atoms with Crippen LogP contribution in [0.4, 0.5) is 0 Å². The van der Waals surface area contributed by atoms with Crippen LogP contribution < -0.4 is 5.32 Å². The van der Waals surface area contributed by atoms with Crippen LogP contribution >= 0.6 is 0 Å². The minimum Gasteiger partial charge on any atom is -0.466 e. The molecule has 0 saturated heterocycles. The fourth-order valence-electron chi connectivity index (χ4n) is 10.6. The van der Waals surface area contributed by atoms with Gasteiger partial charge in [0.25, 0.3) is 0 Å². The number of allylic oxidation sites excluding steroid dienone is 4. The minimum atomic E-state index is -0.673. The quantitative estimate of drug-likeness (QED) is 0.0320.